The smallest absolute Gasteiger partial charge is 0.341 e. The minimum absolute atomic E-state index is 0.275. The summed E-state index contributed by atoms with van der Waals surface area (Å²) in [7, 11) is -4.61. The summed E-state index contributed by atoms with van der Waals surface area (Å²) in [4.78, 5) is 2.90. The molecular weight excluding hydrogens is 202 g/mol. The van der Waals surface area contributed by atoms with Crippen molar-refractivity contribution in [1.82, 2.24) is 4.98 Å². The number of sulfone groups is 1. The van der Waals surface area contributed by atoms with Crippen LogP contribution in [0, 0.1) is 0 Å². The minimum atomic E-state index is -4.61. The Hall–Kier alpha value is -1.24. The predicted molar refractivity (Wildman–Crippen MR) is 41.8 cm³/mol. The van der Waals surface area contributed by atoms with Crippen molar-refractivity contribution < 1.29 is 17.2 Å². The fraction of sp³-hybridized carbons (Fsp3) is 0.167. The second-order valence-electron chi connectivity index (χ2n) is 2.22. The van der Waals surface area contributed by atoms with E-state index in [1.165, 1.54) is 0 Å². The van der Waals surface area contributed by atoms with E-state index in [4.69, 9.17) is 5.73 Å². The zero-order chi connectivity index (χ0) is 10.1. The molecule has 13 heavy (non-hydrogen) atoms. The molecule has 0 saturated heterocycles. The van der Waals surface area contributed by atoms with Crippen molar-refractivity contribution in [3.8, 4) is 0 Å². The van der Waals surface area contributed by atoms with Gasteiger partial charge in [-0.3, -0.25) is 4.98 Å². The quantitative estimate of drug-likeness (QED) is 0.774. The Kier molecular flexibility index (Phi) is 2.46. The lowest BCUT2D eigenvalue weighted by Gasteiger charge is -2.04. The number of pyridine rings is 1. The van der Waals surface area contributed by atoms with Gasteiger partial charge in [-0.2, -0.15) is 8.78 Å². The number of halogens is 2. The molecule has 0 atom stereocenters. The van der Waals surface area contributed by atoms with Gasteiger partial charge >= 0.3 is 5.76 Å². The molecule has 0 saturated carbocycles. The minimum Gasteiger partial charge on any atom is -0.396 e. The fourth-order valence-corrected chi connectivity index (χ4v) is 1.57. The summed E-state index contributed by atoms with van der Waals surface area (Å²) in [5.41, 5.74) is 4.89. The van der Waals surface area contributed by atoms with E-state index >= 15 is 0 Å². The molecule has 0 amide bonds. The van der Waals surface area contributed by atoms with E-state index in [2.05, 4.69) is 4.98 Å². The highest BCUT2D eigenvalue weighted by atomic mass is 32.2. The molecule has 0 unspecified atom stereocenters. The van der Waals surface area contributed by atoms with E-state index in [1.54, 1.807) is 0 Å². The zero-order valence-electron chi connectivity index (χ0n) is 6.31. The molecule has 0 spiro atoms. The topological polar surface area (TPSA) is 73.0 Å². The maximum Gasteiger partial charge on any atom is 0.341 e. The van der Waals surface area contributed by atoms with E-state index in [-0.39, 0.29) is 5.69 Å². The van der Waals surface area contributed by atoms with Crippen molar-refractivity contribution in [2.45, 2.75) is 10.7 Å². The first kappa shape index (κ1) is 9.85. The monoisotopic (exact) mass is 208 g/mol. The van der Waals surface area contributed by atoms with Gasteiger partial charge in [-0.25, -0.2) is 8.42 Å². The van der Waals surface area contributed by atoms with Crippen molar-refractivity contribution in [3.05, 3.63) is 18.5 Å². The van der Waals surface area contributed by atoms with Crippen molar-refractivity contribution in [3.63, 3.8) is 0 Å². The van der Waals surface area contributed by atoms with Gasteiger partial charge in [0.1, 0.15) is 0 Å². The molecule has 0 radical (unpaired) electrons. The Morgan fingerprint density at radius 2 is 2.08 bits per heavy atom. The lowest BCUT2D eigenvalue weighted by Crippen LogP contribution is -2.13. The Labute approximate surface area is 73.3 Å². The summed E-state index contributed by atoms with van der Waals surface area (Å²) in [6.45, 7) is 0. The highest BCUT2D eigenvalue weighted by molar-refractivity contribution is 7.91. The van der Waals surface area contributed by atoms with E-state index < -0.39 is 20.5 Å². The Morgan fingerprint density at radius 1 is 1.46 bits per heavy atom. The molecule has 7 heteroatoms. The van der Waals surface area contributed by atoms with Crippen LogP contribution in [0.2, 0.25) is 0 Å². The molecule has 2 N–H and O–H groups in total. The molecule has 0 aliphatic carbocycles. The number of anilines is 1. The largest absolute Gasteiger partial charge is 0.396 e. The van der Waals surface area contributed by atoms with Gasteiger partial charge in [0, 0.05) is 6.20 Å². The molecule has 1 rings (SSSR count). The highest BCUT2D eigenvalue weighted by Crippen LogP contribution is 2.22. The van der Waals surface area contributed by atoms with Crippen molar-refractivity contribution in [1.29, 1.82) is 0 Å². The summed E-state index contributed by atoms with van der Waals surface area (Å²) in [5, 5.41) is 0. The standard InChI is InChI=1S/C6H6F2N2O2S/c7-6(8)13(11,12)5-1-2-10-3-4(5)9/h1-3,6H,9H2. The first-order chi connectivity index (χ1) is 5.96. The first-order valence-electron chi connectivity index (χ1n) is 3.18. The molecule has 0 aliphatic heterocycles. The summed E-state index contributed by atoms with van der Waals surface area (Å²) in [5.74, 6) is -3.46. The van der Waals surface area contributed by atoms with Crippen molar-refractivity contribution >= 4 is 15.5 Å². The van der Waals surface area contributed by atoms with E-state index in [0.717, 1.165) is 18.5 Å². The van der Waals surface area contributed by atoms with Crippen LogP contribution >= 0.6 is 0 Å². The van der Waals surface area contributed by atoms with Gasteiger partial charge in [0.2, 0.25) is 9.84 Å². The van der Waals surface area contributed by atoms with Gasteiger partial charge in [0.05, 0.1) is 16.8 Å². The fourth-order valence-electron chi connectivity index (χ4n) is 0.749. The third-order valence-corrected chi connectivity index (χ3v) is 2.81. The molecule has 0 fully saturated rings. The molecule has 0 aliphatic rings. The maximum absolute atomic E-state index is 12.0. The van der Waals surface area contributed by atoms with Crippen molar-refractivity contribution in [2.75, 3.05) is 5.73 Å². The molecule has 1 heterocycles. The molecule has 1 aromatic rings. The van der Waals surface area contributed by atoms with Crippen LogP contribution in [-0.4, -0.2) is 19.2 Å². The summed E-state index contributed by atoms with van der Waals surface area (Å²) in [6.07, 6.45) is 2.10. The summed E-state index contributed by atoms with van der Waals surface area (Å²) >= 11 is 0. The summed E-state index contributed by atoms with van der Waals surface area (Å²) in [6, 6.07) is 0.941. The second kappa shape index (κ2) is 3.25. The Balaban J connectivity index is 3.32. The van der Waals surface area contributed by atoms with E-state index in [0.29, 0.717) is 0 Å². The number of nitrogens with zero attached hydrogens (tertiary/aromatic N) is 1. The van der Waals surface area contributed by atoms with E-state index in [1.807, 2.05) is 0 Å². The van der Waals surface area contributed by atoms with Crippen LogP contribution in [0.3, 0.4) is 0 Å². The normalized spacial score (nSPS) is 11.9. The van der Waals surface area contributed by atoms with Gasteiger partial charge in [-0.15, -0.1) is 0 Å². The average Bonchev–Trinajstić information content (AvgIpc) is 2.04. The van der Waals surface area contributed by atoms with Crippen LogP contribution in [0.15, 0.2) is 23.4 Å². The number of aromatic nitrogens is 1. The SMILES string of the molecule is Nc1cnccc1S(=O)(=O)C(F)F. The third kappa shape index (κ3) is 1.74. The number of hydrogen-bond acceptors (Lipinski definition) is 4. The molecular formula is C6H6F2N2O2S. The average molecular weight is 208 g/mol. The molecule has 0 bridgehead atoms. The molecule has 1 aromatic heterocycles. The van der Waals surface area contributed by atoms with Crippen LogP contribution in [-0.2, 0) is 9.84 Å². The van der Waals surface area contributed by atoms with Crippen LogP contribution in [0.4, 0.5) is 14.5 Å². The van der Waals surface area contributed by atoms with Crippen LogP contribution < -0.4 is 5.73 Å². The number of alkyl halides is 2. The third-order valence-electron chi connectivity index (χ3n) is 1.35. The van der Waals surface area contributed by atoms with Gasteiger partial charge in [-0.1, -0.05) is 0 Å². The van der Waals surface area contributed by atoms with Crippen LogP contribution in [0.1, 0.15) is 0 Å². The van der Waals surface area contributed by atoms with Gasteiger partial charge in [0.25, 0.3) is 0 Å². The van der Waals surface area contributed by atoms with E-state index in [9.17, 15) is 17.2 Å². The van der Waals surface area contributed by atoms with Crippen molar-refractivity contribution in [2.24, 2.45) is 0 Å². The number of rotatable bonds is 2. The highest BCUT2D eigenvalue weighted by Gasteiger charge is 2.28. The van der Waals surface area contributed by atoms with Crippen LogP contribution in [0.25, 0.3) is 0 Å². The van der Waals surface area contributed by atoms with Gasteiger partial charge < -0.3 is 5.73 Å². The second-order valence-corrected chi connectivity index (χ2v) is 4.11. The Morgan fingerprint density at radius 3 is 2.54 bits per heavy atom. The number of nitrogen functional groups attached to an aromatic ring is 1. The molecule has 72 valence electrons. The van der Waals surface area contributed by atoms with Gasteiger partial charge in [-0.05, 0) is 6.07 Å². The Bertz CT molecular complexity index is 405. The molecule has 0 aromatic carbocycles. The molecule has 4 nitrogen and oxygen atoms in total. The number of hydrogen-bond donors (Lipinski definition) is 1. The number of nitrogens with two attached hydrogens (primary N) is 1. The lowest BCUT2D eigenvalue weighted by molar-refractivity contribution is 0.235. The zero-order valence-corrected chi connectivity index (χ0v) is 7.13. The maximum atomic E-state index is 12.0. The first-order valence-corrected chi connectivity index (χ1v) is 4.72. The van der Waals surface area contributed by atoms with Gasteiger partial charge in [0.15, 0.2) is 0 Å². The predicted octanol–water partition coefficient (Wildman–Crippen LogP) is 0.660. The van der Waals surface area contributed by atoms with Crippen LogP contribution in [0.5, 0.6) is 0 Å². The summed E-state index contributed by atoms with van der Waals surface area (Å²) < 4.78 is 45.8. The lowest BCUT2D eigenvalue weighted by atomic mass is 10.4.